The van der Waals surface area contributed by atoms with E-state index in [1.165, 1.54) is 0 Å². The molecule has 0 bridgehead atoms. The Hall–Kier alpha value is -3.87. The molecule has 146 valence electrons. The van der Waals surface area contributed by atoms with Crippen molar-refractivity contribution in [1.82, 2.24) is 14.1 Å². The maximum absolute atomic E-state index is 13.1. The molecule has 0 saturated heterocycles. The highest BCUT2D eigenvalue weighted by Gasteiger charge is 2.20. The molecule has 0 spiro atoms. The van der Waals surface area contributed by atoms with Crippen LogP contribution in [-0.4, -0.2) is 20.0 Å². The first kappa shape index (κ1) is 18.5. The van der Waals surface area contributed by atoms with Gasteiger partial charge in [-0.1, -0.05) is 35.9 Å². The van der Waals surface area contributed by atoms with Gasteiger partial charge >= 0.3 is 5.69 Å². The van der Waals surface area contributed by atoms with Crippen molar-refractivity contribution in [3.05, 3.63) is 92.3 Å². The number of amides is 1. The van der Waals surface area contributed by atoms with E-state index in [-0.39, 0.29) is 16.6 Å². The summed E-state index contributed by atoms with van der Waals surface area (Å²) in [5.41, 5.74) is 2.70. The van der Waals surface area contributed by atoms with Crippen molar-refractivity contribution in [2.45, 2.75) is 13.8 Å². The zero-order valence-corrected chi connectivity index (χ0v) is 16.3. The van der Waals surface area contributed by atoms with E-state index in [0.29, 0.717) is 11.4 Å². The molecule has 4 rings (SSSR count). The van der Waals surface area contributed by atoms with Crippen molar-refractivity contribution < 1.29 is 4.79 Å². The number of carbonyl (C=O) groups is 1. The van der Waals surface area contributed by atoms with Crippen LogP contribution in [-0.2, 0) is 7.05 Å². The van der Waals surface area contributed by atoms with Gasteiger partial charge in [0.15, 0.2) is 0 Å². The molecule has 2 aromatic heterocycles. The molecule has 0 radical (unpaired) electrons. The fourth-order valence-electron chi connectivity index (χ4n) is 3.38. The Balaban J connectivity index is 1.86. The van der Waals surface area contributed by atoms with Gasteiger partial charge in [0.25, 0.3) is 11.5 Å². The molecular formula is C22H20N4O3. The Morgan fingerprint density at radius 1 is 1.00 bits per heavy atom. The van der Waals surface area contributed by atoms with Crippen LogP contribution < -0.4 is 16.6 Å². The minimum Gasteiger partial charge on any atom is -0.344 e. The summed E-state index contributed by atoms with van der Waals surface area (Å²) in [5.74, 6) is -0.395. The Labute approximate surface area is 166 Å². The van der Waals surface area contributed by atoms with Crippen LogP contribution in [0, 0.1) is 13.8 Å². The van der Waals surface area contributed by atoms with Crippen molar-refractivity contribution >= 4 is 22.6 Å². The standard InChI is InChI=1S/C22H20N4O3/c1-13-8-10-15(11-9-13)26-21(28)19-18(24-22(26)29)16(12-25(19)3)20(27)23-17-7-5-4-6-14(17)2/h4-12H,1-3H3,(H,23,27)(H,24,29). The van der Waals surface area contributed by atoms with Crippen molar-refractivity contribution in [1.29, 1.82) is 0 Å². The zero-order chi connectivity index (χ0) is 20.7. The zero-order valence-electron chi connectivity index (χ0n) is 16.3. The van der Waals surface area contributed by atoms with Crippen molar-refractivity contribution in [3.63, 3.8) is 0 Å². The molecule has 0 atom stereocenters. The fraction of sp³-hybridized carbons (Fsp3) is 0.136. The molecule has 7 nitrogen and oxygen atoms in total. The number of rotatable bonds is 3. The van der Waals surface area contributed by atoms with Crippen LogP contribution in [0.3, 0.4) is 0 Å². The van der Waals surface area contributed by atoms with Gasteiger partial charge in [0.05, 0.1) is 16.8 Å². The molecule has 2 heterocycles. The van der Waals surface area contributed by atoms with Crippen molar-refractivity contribution in [2.75, 3.05) is 5.32 Å². The largest absolute Gasteiger partial charge is 0.344 e. The highest BCUT2D eigenvalue weighted by Crippen LogP contribution is 2.19. The maximum Gasteiger partial charge on any atom is 0.333 e. The number of carbonyl (C=O) groups excluding carboxylic acids is 1. The second-order valence-electron chi connectivity index (χ2n) is 7.05. The molecule has 0 saturated carbocycles. The topological polar surface area (TPSA) is 88.9 Å². The molecule has 0 fully saturated rings. The van der Waals surface area contributed by atoms with Crippen LogP contribution in [0.1, 0.15) is 21.5 Å². The van der Waals surface area contributed by atoms with E-state index in [9.17, 15) is 14.4 Å². The van der Waals surface area contributed by atoms with Gasteiger partial charge in [0.2, 0.25) is 0 Å². The van der Waals surface area contributed by atoms with Gasteiger partial charge in [-0.05, 0) is 37.6 Å². The Morgan fingerprint density at radius 2 is 1.69 bits per heavy atom. The van der Waals surface area contributed by atoms with Crippen LogP contribution in [0.15, 0.2) is 64.3 Å². The molecule has 2 aromatic carbocycles. The Kier molecular flexibility index (Phi) is 4.43. The van der Waals surface area contributed by atoms with Gasteiger partial charge in [-0.15, -0.1) is 0 Å². The molecular weight excluding hydrogens is 368 g/mol. The lowest BCUT2D eigenvalue weighted by atomic mass is 10.2. The molecule has 0 aliphatic carbocycles. The monoisotopic (exact) mass is 388 g/mol. The summed E-state index contributed by atoms with van der Waals surface area (Å²) < 4.78 is 2.63. The van der Waals surface area contributed by atoms with Gasteiger partial charge in [0, 0.05) is 18.9 Å². The van der Waals surface area contributed by atoms with Gasteiger partial charge in [-0.25, -0.2) is 9.36 Å². The highest BCUT2D eigenvalue weighted by atomic mass is 16.2. The molecule has 29 heavy (non-hydrogen) atoms. The number of H-pyrrole nitrogens is 1. The second-order valence-corrected chi connectivity index (χ2v) is 7.05. The molecule has 0 unspecified atom stereocenters. The number of fused-ring (bicyclic) bond motifs is 1. The van der Waals surface area contributed by atoms with Crippen LogP contribution in [0.2, 0.25) is 0 Å². The lowest BCUT2D eigenvalue weighted by Gasteiger charge is -2.08. The number of hydrogen-bond donors (Lipinski definition) is 2. The molecule has 2 N–H and O–H groups in total. The first-order chi connectivity index (χ1) is 13.9. The highest BCUT2D eigenvalue weighted by molar-refractivity contribution is 6.12. The molecule has 4 aromatic rings. The minimum atomic E-state index is -0.595. The third kappa shape index (κ3) is 3.16. The quantitative estimate of drug-likeness (QED) is 0.566. The van der Waals surface area contributed by atoms with Crippen LogP contribution in [0.5, 0.6) is 0 Å². The first-order valence-electron chi connectivity index (χ1n) is 9.15. The number of aryl methyl sites for hydroxylation is 3. The molecule has 1 amide bonds. The third-order valence-electron chi connectivity index (χ3n) is 4.95. The SMILES string of the molecule is Cc1ccc(-n2c(=O)[nH]c3c(C(=O)Nc4ccccc4C)cn(C)c3c2=O)cc1. The molecule has 0 aliphatic rings. The van der Waals surface area contributed by atoms with E-state index in [1.807, 2.05) is 44.2 Å². The first-order valence-corrected chi connectivity index (χ1v) is 9.15. The Morgan fingerprint density at radius 3 is 2.38 bits per heavy atom. The Bertz CT molecular complexity index is 1360. The molecule has 0 aliphatic heterocycles. The van der Waals surface area contributed by atoms with E-state index in [1.54, 1.807) is 36.0 Å². The normalized spacial score (nSPS) is 11.0. The fourth-order valence-corrected chi connectivity index (χ4v) is 3.38. The van der Waals surface area contributed by atoms with Crippen molar-refractivity contribution in [2.24, 2.45) is 7.05 Å². The number of nitrogens with one attached hydrogen (secondary N) is 2. The van der Waals surface area contributed by atoms with E-state index in [2.05, 4.69) is 10.3 Å². The average molecular weight is 388 g/mol. The lowest BCUT2D eigenvalue weighted by molar-refractivity contribution is 0.102. The summed E-state index contributed by atoms with van der Waals surface area (Å²) in [5, 5.41) is 2.84. The van der Waals surface area contributed by atoms with Gasteiger partial charge in [0.1, 0.15) is 5.52 Å². The number of anilines is 1. The van der Waals surface area contributed by atoms with Crippen LogP contribution >= 0.6 is 0 Å². The average Bonchev–Trinajstić information content (AvgIpc) is 3.01. The summed E-state index contributed by atoms with van der Waals surface area (Å²) in [6, 6.07) is 14.5. The summed E-state index contributed by atoms with van der Waals surface area (Å²) in [4.78, 5) is 41.4. The summed E-state index contributed by atoms with van der Waals surface area (Å²) in [6.07, 6.45) is 1.55. The number of benzene rings is 2. The predicted molar refractivity (Wildman–Crippen MR) is 113 cm³/mol. The predicted octanol–water partition coefficient (Wildman–Crippen LogP) is 2.89. The number of para-hydroxylation sites is 1. The van der Waals surface area contributed by atoms with Crippen molar-refractivity contribution in [3.8, 4) is 5.69 Å². The lowest BCUT2D eigenvalue weighted by Crippen LogP contribution is -2.34. The van der Waals surface area contributed by atoms with E-state index < -0.39 is 17.2 Å². The number of aromatic nitrogens is 3. The third-order valence-corrected chi connectivity index (χ3v) is 4.95. The van der Waals surface area contributed by atoms with Crippen LogP contribution in [0.4, 0.5) is 5.69 Å². The van der Waals surface area contributed by atoms with E-state index >= 15 is 0 Å². The van der Waals surface area contributed by atoms with Gasteiger partial charge in [-0.3, -0.25) is 9.59 Å². The number of aromatic amines is 1. The number of nitrogens with zero attached hydrogens (tertiary/aromatic N) is 2. The smallest absolute Gasteiger partial charge is 0.333 e. The number of hydrogen-bond acceptors (Lipinski definition) is 3. The summed E-state index contributed by atoms with van der Waals surface area (Å²) in [7, 11) is 1.67. The van der Waals surface area contributed by atoms with E-state index in [4.69, 9.17) is 0 Å². The molecule has 7 heteroatoms. The summed E-state index contributed by atoms with van der Waals surface area (Å²) in [6.45, 7) is 3.82. The van der Waals surface area contributed by atoms with Crippen LogP contribution in [0.25, 0.3) is 16.7 Å². The minimum absolute atomic E-state index is 0.219. The maximum atomic E-state index is 13.1. The van der Waals surface area contributed by atoms with E-state index in [0.717, 1.165) is 15.7 Å². The van der Waals surface area contributed by atoms with Gasteiger partial charge in [-0.2, -0.15) is 0 Å². The summed E-state index contributed by atoms with van der Waals surface area (Å²) >= 11 is 0. The van der Waals surface area contributed by atoms with Gasteiger partial charge < -0.3 is 14.9 Å². The second kappa shape index (κ2) is 6.94.